The first kappa shape index (κ1) is 17.6. The Morgan fingerprint density at radius 2 is 1.89 bits per heavy atom. The second-order valence-electron chi connectivity index (χ2n) is 6.26. The van der Waals surface area contributed by atoms with E-state index in [1.54, 1.807) is 6.20 Å². The molecule has 0 bridgehead atoms. The summed E-state index contributed by atoms with van der Waals surface area (Å²) < 4.78 is 5.71. The zero-order valence-corrected chi connectivity index (χ0v) is 15.8. The number of nitrogens with zero attached hydrogens (tertiary/aromatic N) is 2. The molecule has 4 nitrogen and oxygen atoms in total. The molecule has 0 radical (unpaired) electrons. The van der Waals surface area contributed by atoms with E-state index in [1.165, 1.54) is 0 Å². The van der Waals surface area contributed by atoms with Gasteiger partial charge in [-0.1, -0.05) is 23.7 Å². The Hall–Kier alpha value is -2.85. The number of rotatable bonds is 6. The maximum absolute atomic E-state index is 6.16. The van der Waals surface area contributed by atoms with Gasteiger partial charge in [0.15, 0.2) is 0 Å². The van der Waals surface area contributed by atoms with E-state index in [0.717, 1.165) is 56.8 Å². The normalized spacial score (nSPS) is 11.0. The Labute approximate surface area is 163 Å². The fraction of sp³-hybridized carbons (Fsp3) is 0.182. The van der Waals surface area contributed by atoms with Gasteiger partial charge >= 0.3 is 0 Å². The van der Waals surface area contributed by atoms with Crippen LogP contribution in [0.25, 0.3) is 21.8 Å². The van der Waals surface area contributed by atoms with Crippen LogP contribution < -0.4 is 10.1 Å². The van der Waals surface area contributed by atoms with Crippen molar-refractivity contribution in [3.8, 4) is 5.75 Å². The summed E-state index contributed by atoms with van der Waals surface area (Å²) in [5.74, 6) is 0.887. The van der Waals surface area contributed by atoms with Gasteiger partial charge in [0.2, 0.25) is 0 Å². The fourth-order valence-corrected chi connectivity index (χ4v) is 3.47. The van der Waals surface area contributed by atoms with Crippen LogP contribution >= 0.6 is 11.6 Å². The van der Waals surface area contributed by atoms with Crippen LogP contribution in [0.5, 0.6) is 5.75 Å². The minimum absolute atomic E-state index is 0.636. The highest BCUT2D eigenvalue weighted by molar-refractivity contribution is 6.30. The maximum Gasteiger partial charge on any atom is 0.122 e. The zero-order valence-electron chi connectivity index (χ0n) is 15.1. The van der Waals surface area contributed by atoms with E-state index in [-0.39, 0.29) is 0 Å². The van der Waals surface area contributed by atoms with Crippen molar-refractivity contribution in [1.29, 1.82) is 0 Å². The molecule has 2 aromatic carbocycles. The van der Waals surface area contributed by atoms with E-state index in [1.807, 2.05) is 43.5 Å². The van der Waals surface area contributed by atoms with Crippen LogP contribution in [0.4, 0.5) is 5.69 Å². The van der Waals surface area contributed by atoms with Crippen LogP contribution in [-0.2, 0) is 6.42 Å². The summed E-state index contributed by atoms with van der Waals surface area (Å²) in [7, 11) is 0. The Kier molecular flexibility index (Phi) is 5.07. The number of fused-ring (bicyclic) bond motifs is 3. The third kappa shape index (κ3) is 3.67. The third-order valence-electron chi connectivity index (χ3n) is 4.52. The first-order chi connectivity index (χ1) is 13.3. The highest BCUT2D eigenvalue weighted by Crippen LogP contribution is 2.28. The number of ether oxygens (including phenoxy) is 1. The summed E-state index contributed by atoms with van der Waals surface area (Å²) >= 11 is 6.16. The van der Waals surface area contributed by atoms with Crippen LogP contribution in [0, 0.1) is 0 Å². The second kappa shape index (κ2) is 7.80. The summed E-state index contributed by atoms with van der Waals surface area (Å²) in [6.45, 7) is 3.38. The van der Waals surface area contributed by atoms with E-state index in [9.17, 15) is 0 Å². The molecule has 4 rings (SSSR count). The topological polar surface area (TPSA) is 47.0 Å². The summed E-state index contributed by atoms with van der Waals surface area (Å²) in [4.78, 5) is 9.04. The number of benzene rings is 2. The highest BCUT2D eigenvalue weighted by atomic mass is 35.5. The van der Waals surface area contributed by atoms with Crippen LogP contribution in [0.15, 0.2) is 60.9 Å². The quantitative estimate of drug-likeness (QED) is 0.451. The number of nitrogens with one attached hydrogen (secondary N) is 1. The van der Waals surface area contributed by atoms with E-state index in [2.05, 4.69) is 33.5 Å². The second-order valence-corrected chi connectivity index (χ2v) is 6.69. The van der Waals surface area contributed by atoms with E-state index >= 15 is 0 Å². The number of hydrogen-bond donors (Lipinski definition) is 1. The fourth-order valence-electron chi connectivity index (χ4n) is 3.28. The standard InChI is InChI=1S/C22H20ClN3O/c1-2-27-20-8-6-17(23)14-16(20)9-12-24-19-10-13-26-22-18(19)7-5-15-4-3-11-25-21(15)22/h3-8,10-11,13-14H,2,9,12H2,1H3,(H,24,26). The van der Waals surface area contributed by atoms with Crippen molar-refractivity contribution in [2.45, 2.75) is 13.3 Å². The van der Waals surface area contributed by atoms with Gasteiger partial charge in [-0.3, -0.25) is 9.97 Å². The maximum atomic E-state index is 6.16. The molecular formula is C22H20ClN3O. The molecule has 4 aromatic rings. The van der Waals surface area contributed by atoms with Crippen LogP contribution in [-0.4, -0.2) is 23.1 Å². The largest absolute Gasteiger partial charge is 0.494 e. The molecule has 0 spiro atoms. The van der Waals surface area contributed by atoms with E-state index < -0.39 is 0 Å². The molecule has 0 aliphatic carbocycles. The molecule has 0 aliphatic rings. The van der Waals surface area contributed by atoms with Gasteiger partial charge in [0.05, 0.1) is 17.6 Å². The molecule has 5 heteroatoms. The van der Waals surface area contributed by atoms with Crippen molar-refractivity contribution in [3.63, 3.8) is 0 Å². The van der Waals surface area contributed by atoms with Gasteiger partial charge in [-0.25, -0.2) is 0 Å². The minimum Gasteiger partial charge on any atom is -0.494 e. The molecule has 2 heterocycles. The number of aromatic nitrogens is 2. The van der Waals surface area contributed by atoms with E-state index in [0.29, 0.717) is 6.61 Å². The Morgan fingerprint density at radius 3 is 2.78 bits per heavy atom. The molecule has 2 aromatic heterocycles. The molecule has 1 N–H and O–H groups in total. The predicted molar refractivity (Wildman–Crippen MR) is 112 cm³/mol. The number of anilines is 1. The Bertz CT molecular complexity index is 1100. The molecule has 136 valence electrons. The predicted octanol–water partition coefficient (Wildman–Crippen LogP) is 5.49. The summed E-state index contributed by atoms with van der Waals surface area (Å²) in [6, 6.07) is 15.9. The Balaban J connectivity index is 1.58. The van der Waals surface area contributed by atoms with E-state index in [4.69, 9.17) is 16.3 Å². The van der Waals surface area contributed by atoms with Crippen molar-refractivity contribution in [2.24, 2.45) is 0 Å². The SMILES string of the molecule is CCOc1ccc(Cl)cc1CCNc1ccnc2c1ccc1cccnc12. The lowest BCUT2D eigenvalue weighted by molar-refractivity contribution is 0.336. The van der Waals surface area contributed by atoms with Gasteiger partial charge in [-0.15, -0.1) is 0 Å². The van der Waals surface area contributed by atoms with Gasteiger partial charge < -0.3 is 10.1 Å². The summed E-state index contributed by atoms with van der Waals surface area (Å²) in [5, 5.41) is 6.41. The van der Waals surface area contributed by atoms with Crippen LogP contribution in [0.3, 0.4) is 0 Å². The molecule has 0 saturated carbocycles. The Morgan fingerprint density at radius 1 is 1.00 bits per heavy atom. The van der Waals surface area contributed by atoms with Crippen LogP contribution in [0.1, 0.15) is 12.5 Å². The molecule has 0 aliphatic heterocycles. The lowest BCUT2D eigenvalue weighted by Gasteiger charge is -2.13. The van der Waals surface area contributed by atoms with Crippen molar-refractivity contribution in [3.05, 3.63) is 71.5 Å². The number of hydrogen-bond acceptors (Lipinski definition) is 4. The molecule has 0 amide bonds. The molecular weight excluding hydrogens is 358 g/mol. The minimum atomic E-state index is 0.636. The van der Waals surface area contributed by atoms with Crippen molar-refractivity contribution in [2.75, 3.05) is 18.5 Å². The lowest BCUT2D eigenvalue weighted by atomic mass is 10.1. The molecule has 0 fully saturated rings. The lowest BCUT2D eigenvalue weighted by Crippen LogP contribution is -2.07. The first-order valence-corrected chi connectivity index (χ1v) is 9.41. The highest BCUT2D eigenvalue weighted by Gasteiger charge is 2.08. The smallest absolute Gasteiger partial charge is 0.122 e. The van der Waals surface area contributed by atoms with Crippen molar-refractivity contribution < 1.29 is 4.74 Å². The number of halogens is 1. The average Bonchev–Trinajstić information content (AvgIpc) is 2.70. The summed E-state index contributed by atoms with van der Waals surface area (Å²) in [5.41, 5.74) is 3.98. The van der Waals surface area contributed by atoms with Gasteiger partial charge in [0.25, 0.3) is 0 Å². The van der Waals surface area contributed by atoms with Crippen molar-refractivity contribution >= 4 is 39.1 Å². The molecule has 0 saturated heterocycles. The average molecular weight is 378 g/mol. The molecule has 0 atom stereocenters. The van der Waals surface area contributed by atoms with Gasteiger partial charge in [0, 0.05) is 40.4 Å². The summed E-state index contributed by atoms with van der Waals surface area (Å²) in [6.07, 6.45) is 4.44. The third-order valence-corrected chi connectivity index (χ3v) is 4.75. The first-order valence-electron chi connectivity index (χ1n) is 9.04. The molecule has 0 unspecified atom stereocenters. The zero-order chi connectivity index (χ0) is 18.6. The van der Waals surface area contributed by atoms with Crippen LogP contribution in [0.2, 0.25) is 5.02 Å². The van der Waals surface area contributed by atoms with Gasteiger partial charge in [-0.2, -0.15) is 0 Å². The van der Waals surface area contributed by atoms with Gasteiger partial charge in [-0.05, 0) is 55.3 Å². The van der Waals surface area contributed by atoms with Gasteiger partial charge in [0.1, 0.15) is 5.75 Å². The van der Waals surface area contributed by atoms with Crippen molar-refractivity contribution in [1.82, 2.24) is 9.97 Å². The monoisotopic (exact) mass is 377 g/mol. The number of pyridine rings is 2. The molecule has 27 heavy (non-hydrogen) atoms.